The minimum Gasteiger partial charge on any atom is -0.465 e. The molecule has 0 saturated heterocycles. The fourth-order valence-corrected chi connectivity index (χ4v) is 0.970. The summed E-state index contributed by atoms with van der Waals surface area (Å²) in [5, 5.41) is 8.55. The molecule has 0 spiro atoms. The number of nitriles is 1. The summed E-state index contributed by atoms with van der Waals surface area (Å²) >= 11 is 0. The number of ether oxygens (including phenoxy) is 1. The molecule has 1 aromatic rings. The molecular weight excluding hydrogens is 187 g/mol. The van der Waals surface area contributed by atoms with Crippen LogP contribution in [0, 0.1) is 17.1 Å². The Morgan fingerprint density at radius 3 is 2.79 bits per heavy atom. The normalized spacial score (nSPS) is 9.21. The summed E-state index contributed by atoms with van der Waals surface area (Å²) in [7, 11) is 1.12. The lowest BCUT2D eigenvalue weighted by molar-refractivity contribution is 0.0595. The van der Waals surface area contributed by atoms with Crippen molar-refractivity contribution in [3.05, 3.63) is 29.1 Å². The Kier molecular flexibility index (Phi) is 2.67. The highest BCUT2D eigenvalue weighted by molar-refractivity contribution is 5.91. The maximum atomic E-state index is 13.2. The van der Waals surface area contributed by atoms with Gasteiger partial charge in [0, 0.05) is 0 Å². The Hall–Kier alpha value is -2.09. The van der Waals surface area contributed by atoms with Crippen molar-refractivity contribution in [3.8, 4) is 6.07 Å². The smallest absolute Gasteiger partial charge is 0.340 e. The van der Waals surface area contributed by atoms with Crippen LogP contribution in [0.3, 0.4) is 0 Å². The van der Waals surface area contributed by atoms with E-state index >= 15 is 0 Å². The second-order valence-electron chi connectivity index (χ2n) is 2.53. The SMILES string of the molecule is COC(=O)c1cc(C#N)cc(N)c1F. The molecule has 0 atom stereocenters. The largest absolute Gasteiger partial charge is 0.465 e. The van der Waals surface area contributed by atoms with Crippen LogP contribution < -0.4 is 5.73 Å². The van der Waals surface area contributed by atoms with Crippen LogP contribution in [0.25, 0.3) is 0 Å². The third-order valence-corrected chi connectivity index (χ3v) is 1.64. The number of hydrogen-bond acceptors (Lipinski definition) is 4. The summed E-state index contributed by atoms with van der Waals surface area (Å²) < 4.78 is 17.5. The van der Waals surface area contributed by atoms with E-state index in [1.165, 1.54) is 0 Å². The van der Waals surface area contributed by atoms with Gasteiger partial charge in [0.25, 0.3) is 0 Å². The van der Waals surface area contributed by atoms with Gasteiger partial charge in [-0.05, 0) is 12.1 Å². The molecule has 4 nitrogen and oxygen atoms in total. The first-order valence-corrected chi connectivity index (χ1v) is 3.67. The monoisotopic (exact) mass is 194 g/mol. The van der Waals surface area contributed by atoms with Crippen molar-refractivity contribution in [2.24, 2.45) is 0 Å². The summed E-state index contributed by atoms with van der Waals surface area (Å²) in [6.45, 7) is 0. The fourth-order valence-electron chi connectivity index (χ4n) is 0.970. The molecule has 0 bridgehead atoms. The van der Waals surface area contributed by atoms with E-state index in [9.17, 15) is 9.18 Å². The summed E-state index contributed by atoms with van der Waals surface area (Å²) in [6.07, 6.45) is 0. The molecule has 14 heavy (non-hydrogen) atoms. The predicted octanol–water partition coefficient (Wildman–Crippen LogP) is 1.07. The first kappa shape index (κ1) is 9.99. The van der Waals surface area contributed by atoms with E-state index < -0.39 is 11.8 Å². The second-order valence-corrected chi connectivity index (χ2v) is 2.53. The molecule has 0 saturated carbocycles. The van der Waals surface area contributed by atoms with Crippen LogP contribution in [0.15, 0.2) is 12.1 Å². The van der Waals surface area contributed by atoms with Crippen molar-refractivity contribution >= 4 is 11.7 Å². The fraction of sp³-hybridized carbons (Fsp3) is 0.111. The summed E-state index contributed by atoms with van der Waals surface area (Å²) in [5.41, 5.74) is 4.80. The van der Waals surface area contributed by atoms with Gasteiger partial charge in [-0.25, -0.2) is 9.18 Å². The number of benzene rings is 1. The van der Waals surface area contributed by atoms with Gasteiger partial charge in [-0.1, -0.05) is 0 Å². The Morgan fingerprint density at radius 1 is 1.64 bits per heavy atom. The van der Waals surface area contributed by atoms with Crippen LogP contribution in [0.5, 0.6) is 0 Å². The maximum absolute atomic E-state index is 13.2. The number of carbonyl (C=O) groups excluding carboxylic acids is 1. The molecule has 1 rings (SSSR count). The lowest BCUT2D eigenvalue weighted by atomic mass is 10.1. The van der Waals surface area contributed by atoms with Crippen LogP contribution in [0.4, 0.5) is 10.1 Å². The van der Waals surface area contributed by atoms with Crippen LogP contribution in [0.1, 0.15) is 15.9 Å². The average molecular weight is 194 g/mol. The van der Waals surface area contributed by atoms with Gasteiger partial charge in [0.05, 0.1) is 30.0 Å². The highest BCUT2D eigenvalue weighted by Crippen LogP contribution is 2.18. The summed E-state index contributed by atoms with van der Waals surface area (Å²) in [5.74, 6) is -1.72. The molecule has 0 aliphatic carbocycles. The van der Waals surface area contributed by atoms with Gasteiger partial charge in [-0.2, -0.15) is 5.26 Å². The number of nitrogen functional groups attached to an aromatic ring is 1. The lowest BCUT2D eigenvalue weighted by Gasteiger charge is -2.03. The molecule has 5 heteroatoms. The van der Waals surface area contributed by atoms with Gasteiger partial charge in [0.2, 0.25) is 0 Å². The van der Waals surface area contributed by atoms with Crippen molar-refractivity contribution in [2.45, 2.75) is 0 Å². The zero-order valence-corrected chi connectivity index (χ0v) is 7.37. The van der Waals surface area contributed by atoms with Gasteiger partial charge < -0.3 is 10.5 Å². The zero-order valence-electron chi connectivity index (χ0n) is 7.37. The highest BCUT2D eigenvalue weighted by Gasteiger charge is 2.15. The molecule has 0 heterocycles. The topological polar surface area (TPSA) is 76.1 Å². The van der Waals surface area contributed by atoms with E-state index in [4.69, 9.17) is 11.0 Å². The molecule has 0 aliphatic heterocycles. The van der Waals surface area contributed by atoms with E-state index in [0.29, 0.717) is 0 Å². The number of methoxy groups -OCH3 is 1. The number of halogens is 1. The zero-order chi connectivity index (χ0) is 10.7. The quantitative estimate of drug-likeness (QED) is 0.535. The number of nitrogens with two attached hydrogens (primary N) is 1. The van der Waals surface area contributed by atoms with Crippen molar-refractivity contribution in [1.29, 1.82) is 5.26 Å². The molecule has 0 aliphatic rings. The first-order valence-electron chi connectivity index (χ1n) is 3.67. The Balaban J connectivity index is 3.36. The molecule has 2 N–H and O–H groups in total. The lowest BCUT2D eigenvalue weighted by Crippen LogP contribution is -2.07. The minimum absolute atomic E-state index is 0.115. The number of nitrogens with zero attached hydrogens (tertiary/aromatic N) is 1. The van der Waals surface area contributed by atoms with Gasteiger partial charge in [0.15, 0.2) is 5.82 Å². The number of anilines is 1. The predicted molar refractivity (Wildman–Crippen MR) is 46.9 cm³/mol. The van der Waals surface area contributed by atoms with E-state index in [1.807, 2.05) is 0 Å². The molecule has 0 amide bonds. The van der Waals surface area contributed by atoms with Crippen LogP contribution in [0.2, 0.25) is 0 Å². The van der Waals surface area contributed by atoms with Crippen molar-refractivity contribution in [1.82, 2.24) is 0 Å². The molecule has 0 aromatic heterocycles. The number of rotatable bonds is 1. The second kappa shape index (κ2) is 3.75. The van der Waals surface area contributed by atoms with Crippen LogP contribution >= 0.6 is 0 Å². The summed E-state index contributed by atoms with van der Waals surface area (Å²) in [4.78, 5) is 11.0. The molecule has 0 unspecified atom stereocenters. The molecular formula is C9H7FN2O2. The van der Waals surface area contributed by atoms with Crippen molar-refractivity contribution in [3.63, 3.8) is 0 Å². The molecule has 72 valence electrons. The maximum Gasteiger partial charge on any atom is 0.340 e. The Morgan fingerprint density at radius 2 is 2.29 bits per heavy atom. The van der Waals surface area contributed by atoms with Crippen molar-refractivity contribution < 1.29 is 13.9 Å². The number of carbonyl (C=O) groups is 1. The van der Waals surface area contributed by atoms with E-state index in [1.54, 1.807) is 6.07 Å². The van der Waals surface area contributed by atoms with Crippen molar-refractivity contribution in [2.75, 3.05) is 12.8 Å². The Labute approximate surface area is 79.7 Å². The highest BCUT2D eigenvalue weighted by atomic mass is 19.1. The number of esters is 1. The van der Waals surface area contributed by atoms with Gasteiger partial charge in [-0.15, -0.1) is 0 Å². The third kappa shape index (κ3) is 1.64. The third-order valence-electron chi connectivity index (χ3n) is 1.64. The van der Waals surface area contributed by atoms with Gasteiger partial charge >= 0.3 is 5.97 Å². The standard InChI is InChI=1S/C9H7FN2O2/c1-14-9(13)6-2-5(4-11)3-7(12)8(6)10/h2-3H,12H2,1H3. The minimum atomic E-state index is -0.865. The van der Waals surface area contributed by atoms with E-state index in [2.05, 4.69) is 4.74 Å². The number of hydrogen-bond donors (Lipinski definition) is 1. The van der Waals surface area contributed by atoms with Crippen LogP contribution in [-0.4, -0.2) is 13.1 Å². The van der Waals surface area contributed by atoms with E-state index in [0.717, 1.165) is 19.2 Å². The molecule has 0 fully saturated rings. The van der Waals surface area contributed by atoms with Gasteiger partial charge in [0.1, 0.15) is 0 Å². The molecule has 1 aromatic carbocycles. The van der Waals surface area contributed by atoms with E-state index in [-0.39, 0.29) is 16.8 Å². The summed E-state index contributed by atoms with van der Waals surface area (Å²) in [6, 6.07) is 4.01. The first-order chi connectivity index (χ1) is 6.60. The molecule has 0 radical (unpaired) electrons. The average Bonchev–Trinajstić information content (AvgIpc) is 2.20. The van der Waals surface area contributed by atoms with Crippen LogP contribution in [-0.2, 0) is 4.74 Å². The van der Waals surface area contributed by atoms with Gasteiger partial charge in [-0.3, -0.25) is 0 Å². The Bertz CT molecular complexity index is 424.